The second-order valence-corrected chi connectivity index (χ2v) is 8.07. The largest absolute Gasteiger partial charge is 0.343 e. The predicted molar refractivity (Wildman–Crippen MR) is 105 cm³/mol. The lowest BCUT2D eigenvalue weighted by atomic mass is 10.0. The molecule has 1 saturated heterocycles. The van der Waals surface area contributed by atoms with Crippen LogP contribution < -0.4 is 10.2 Å². The van der Waals surface area contributed by atoms with Crippen LogP contribution in [0.2, 0.25) is 0 Å². The van der Waals surface area contributed by atoms with Crippen molar-refractivity contribution in [1.29, 1.82) is 0 Å². The number of benzene rings is 1. The summed E-state index contributed by atoms with van der Waals surface area (Å²) in [5.74, 6) is 0.495. The molecule has 6 heteroatoms. The molecule has 1 aliphatic rings. The minimum absolute atomic E-state index is 0.0824. The van der Waals surface area contributed by atoms with Gasteiger partial charge in [0.05, 0.1) is 6.04 Å². The molecule has 0 spiro atoms. The lowest BCUT2D eigenvalue weighted by molar-refractivity contribution is -0.117. The number of rotatable bonds is 6. The molecule has 2 amide bonds. The number of hydrogen-bond donors (Lipinski definition) is 1. The first kappa shape index (κ1) is 18.6. The molecule has 1 atom stereocenters. The number of nitrogens with one attached hydrogen (secondary N) is 1. The highest BCUT2D eigenvalue weighted by molar-refractivity contribution is 7.09. The third-order valence-electron chi connectivity index (χ3n) is 4.46. The van der Waals surface area contributed by atoms with Crippen molar-refractivity contribution in [1.82, 2.24) is 10.3 Å². The maximum atomic E-state index is 12.7. The van der Waals surface area contributed by atoms with E-state index in [1.54, 1.807) is 28.4 Å². The quantitative estimate of drug-likeness (QED) is 0.832. The summed E-state index contributed by atoms with van der Waals surface area (Å²) < 4.78 is 0. The van der Waals surface area contributed by atoms with Crippen molar-refractivity contribution in [3.05, 3.63) is 45.9 Å². The third-order valence-corrected chi connectivity index (χ3v) is 5.54. The van der Waals surface area contributed by atoms with Crippen LogP contribution >= 0.6 is 11.3 Å². The Morgan fingerprint density at radius 3 is 2.58 bits per heavy atom. The van der Waals surface area contributed by atoms with E-state index in [9.17, 15) is 9.59 Å². The van der Waals surface area contributed by atoms with Gasteiger partial charge in [-0.1, -0.05) is 13.8 Å². The van der Waals surface area contributed by atoms with Crippen LogP contribution in [-0.2, 0) is 4.79 Å². The number of carbonyl (C=O) groups is 2. The highest BCUT2D eigenvalue weighted by Crippen LogP contribution is 2.26. The van der Waals surface area contributed by atoms with E-state index in [2.05, 4.69) is 24.1 Å². The van der Waals surface area contributed by atoms with E-state index in [0.717, 1.165) is 35.8 Å². The summed E-state index contributed by atoms with van der Waals surface area (Å²) >= 11 is 1.59. The van der Waals surface area contributed by atoms with E-state index >= 15 is 0 Å². The van der Waals surface area contributed by atoms with Crippen LogP contribution in [0.4, 0.5) is 5.69 Å². The summed E-state index contributed by atoms with van der Waals surface area (Å²) in [4.78, 5) is 30.9. The average Bonchev–Trinajstić information content (AvgIpc) is 3.22. The molecular weight excluding hydrogens is 346 g/mol. The normalized spacial score (nSPS) is 15.5. The monoisotopic (exact) mass is 371 g/mol. The molecule has 2 aromatic rings. The Morgan fingerprint density at radius 1 is 1.31 bits per heavy atom. The fourth-order valence-corrected chi connectivity index (χ4v) is 4.04. The molecule has 2 heterocycles. The number of anilines is 1. The summed E-state index contributed by atoms with van der Waals surface area (Å²) in [6.45, 7) is 7.00. The van der Waals surface area contributed by atoms with Crippen LogP contribution in [0.15, 0.2) is 29.6 Å². The third kappa shape index (κ3) is 4.30. The van der Waals surface area contributed by atoms with Gasteiger partial charge in [-0.3, -0.25) is 9.59 Å². The zero-order chi connectivity index (χ0) is 18.7. The van der Waals surface area contributed by atoms with Crippen molar-refractivity contribution in [3.63, 3.8) is 0 Å². The number of thiazole rings is 1. The van der Waals surface area contributed by atoms with Gasteiger partial charge in [0.25, 0.3) is 5.91 Å². The molecule has 0 radical (unpaired) electrons. The maximum Gasteiger partial charge on any atom is 0.251 e. The highest BCUT2D eigenvalue weighted by Gasteiger charge is 2.23. The fraction of sp³-hybridized carbons (Fsp3) is 0.450. The Balaban J connectivity index is 1.71. The molecular formula is C20H25N3O2S. The van der Waals surface area contributed by atoms with Gasteiger partial charge in [-0.15, -0.1) is 11.3 Å². The zero-order valence-corrected chi connectivity index (χ0v) is 16.3. The van der Waals surface area contributed by atoms with E-state index in [4.69, 9.17) is 0 Å². The number of hydrogen-bond acceptors (Lipinski definition) is 4. The second-order valence-electron chi connectivity index (χ2n) is 7.18. The minimum Gasteiger partial charge on any atom is -0.343 e. The van der Waals surface area contributed by atoms with E-state index in [1.807, 2.05) is 24.4 Å². The van der Waals surface area contributed by atoms with Crippen LogP contribution in [-0.4, -0.2) is 23.3 Å². The summed E-state index contributed by atoms with van der Waals surface area (Å²) in [6.07, 6.45) is 2.34. The van der Waals surface area contributed by atoms with Crippen molar-refractivity contribution in [2.24, 2.45) is 5.92 Å². The molecule has 1 N–H and O–H groups in total. The van der Waals surface area contributed by atoms with Gasteiger partial charge < -0.3 is 10.2 Å². The topological polar surface area (TPSA) is 62.3 Å². The van der Waals surface area contributed by atoms with Gasteiger partial charge in [-0.2, -0.15) is 0 Å². The van der Waals surface area contributed by atoms with Gasteiger partial charge in [0.2, 0.25) is 5.91 Å². The van der Waals surface area contributed by atoms with Crippen LogP contribution in [0.1, 0.15) is 60.2 Å². The smallest absolute Gasteiger partial charge is 0.251 e. The number of aromatic nitrogens is 1. The first-order valence-electron chi connectivity index (χ1n) is 9.07. The van der Waals surface area contributed by atoms with Crippen LogP contribution in [0.3, 0.4) is 0 Å². The van der Waals surface area contributed by atoms with Crippen molar-refractivity contribution in [2.75, 3.05) is 11.4 Å². The Bertz CT molecular complexity index is 783. The predicted octanol–water partition coefficient (Wildman–Crippen LogP) is 4.10. The number of carbonyl (C=O) groups excluding carboxylic acids is 2. The summed E-state index contributed by atoms with van der Waals surface area (Å²) in [5.41, 5.74) is 2.44. The molecule has 138 valence electrons. The van der Waals surface area contributed by atoms with E-state index in [0.29, 0.717) is 17.9 Å². The number of amides is 2. The summed E-state index contributed by atoms with van der Waals surface area (Å²) in [6, 6.07) is 7.19. The van der Waals surface area contributed by atoms with E-state index in [1.165, 1.54) is 0 Å². The Morgan fingerprint density at radius 2 is 2.04 bits per heavy atom. The van der Waals surface area contributed by atoms with E-state index in [-0.39, 0.29) is 17.9 Å². The van der Waals surface area contributed by atoms with Crippen LogP contribution in [0.5, 0.6) is 0 Å². The van der Waals surface area contributed by atoms with Gasteiger partial charge >= 0.3 is 0 Å². The van der Waals surface area contributed by atoms with Gasteiger partial charge in [0.15, 0.2) is 0 Å². The lowest BCUT2D eigenvalue weighted by Gasteiger charge is -2.19. The van der Waals surface area contributed by atoms with Gasteiger partial charge in [-0.05, 0) is 49.9 Å². The van der Waals surface area contributed by atoms with Gasteiger partial charge in [-0.25, -0.2) is 4.98 Å². The molecule has 1 unspecified atom stereocenters. The molecule has 1 aliphatic heterocycles. The molecule has 1 aromatic carbocycles. The molecule has 0 bridgehead atoms. The standard InChI is InChI=1S/C20H25N3O2S/c1-13(2)11-17(20-21-14(3)12-26-20)22-19(25)15-6-8-16(9-7-15)23-10-4-5-18(23)24/h6-9,12-13,17H,4-5,10-11H2,1-3H3,(H,22,25). The Hall–Kier alpha value is -2.21. The SMILES string of the molecule is Cc1csc(C(CC(C)C)NC(=O)c2ccc(N3CCCC3=O)cc2)n1. The van der Waals surface area contributed by atoms with Crippen molar-refractivity contribution in [3.8, 4) is 0 Å². The van der Waals surface area contributed by atoms with Crippen LogP contribution in [0.25, 0.3) is 0 Å². The Labute approximate surface area is 158 Å². The highest BCUT2D eigenvalue weighted by atomic mass is 32.1. The Kier molecular flexibility index (Phi) is 5.71. The van der Waals surface area contributed by atoms with Crippen molar-refractivity contribution < 1.29 is 9.59 Å². The molecule has 5 nitrogen and oxygen atoms in total. The fourth-order valence-electron chi connectivity index (χ4n) is 3.18. The zero-order valence-electron chi connectivity index (χ0n) is 15.5. The average molecular weight is 372 g/mol. The molecule has 1 aromatic heterocycles. The number of nitrogens with zero attached hydrogens (tertiary/aromatic N) is 2. The molecule has 0 saturated carbocycles. The summed E-state index contributed by atoms with van der Waals surface area (Å²) in [5, 5.41) is 6.08. The maximum absolute atomic E-state index is 12.7. The molecule has 3 rings (SSSR count). The minimum atomic E-state index is -0.109. The molecule has 26 heavy (non-hydrogen) atoms. The first-order chi connectivity index (χ1) is 12.4. The molecule has 1 fully saturated rings. The van der Waals surface area contributed by atoms with E-state index < -0.39 is 0 Å². The van der Waals surface area contributed by atoms with Gasteiger partial charge in [0.1, 0.15) is 5.01 Å². The lowest BCUT2D eigenvalue weighted by Crippen LogP contribution is -2.29. The van der Waals surface area contributed by atoms with Crippen LogP contribution in [0, 0.1) is 12.8 Å². The first-order valence-corrected chi connectivity index (χ1v) is 9.95. The second kappa shape index (κ2) is 7.99. The van der Waals surface area contributed by atoms with Crippen molar-refractivity contribution in [2.45, 2.75) is 46.1 Å². The van der Waals surface area contributed by atoms with Gasteiger partial charge in [0, 0.05) is 35.3 Å². The summed E-state index contributed by atoms with van der Waals surface area (Å²) in [7, 11) is 0. The number of aryl methyl sites for hydroxylation is 1. The molecule has 0 aliphatic carbocycles. The van der Waals surface area contributed by atoms with Crippen molar-refractivity contribution >= 4 is 28.8 Å².